The lowest BCUT2D eigenvalue weighted by atomic mass is 10.2. The molecule has 0 aliphatic carbocycles. The summed E-state index contributed by atoms with van der Waals surface area (Å²) < 4.78 is 37.7. The zero-order valence-corrected chi connectivity index (χ0v) is 24.3. The Morgan fingerprint density at radius 2 is 1.83 bits per heavy atom. The van der Waals surface area contributed by atoms with E-state index in [1.807, 2.05) is 0 Å². The van der Waals surface area contributed by atoms with Crippen molar-refractivity contribution in [3.05, 3.63) is 60.3 Å². The van der Waals surface area contributed by atoms with Crippen molar-refractivity contribution in [3.8, 4) is 11.5 Å². The number of aromatic nitrogens is 2. The van der Waals surface area contributed by atoms with Crippen LogP contribution in [0.1, 0.15) is 12.8 Å². The molecule has 1 aromatic heterocycles. The first-order valence-electron chi connectivity index (χ1n) is 12.8. The first-order chi connectivity index (χ1) is 19.6. The quantitative estimate of drug-likeness (QED) is 0.205. The number of halogens is 1. The van der Waals surface area contributed by atoms with Crippen molar-refractivity contribution >= 4 is 62.0 Å². The van der Waals surface area contributed by atoms with Gasteiger partial charge >= 0.3 is 0 Å². The summed E-state index contributed by atoms with van der Waals surface area (Å²) in [7, 11) is -2.01. The van der Waals surface area contributed by atoms with E-state index in [2.05, 4.69) is 42.1 Å². The van der Waals surface area contributed by atoms with Gasteiger partial charge in [-0.25, -0.2) is 13.4 Å². The van der Waals surface area contributed by atoms with Crippen LogP contribution in [0.15, 0.2) is 55.3 Å². The van der Waals surface area contributed by atoms with Crippen molar-refractivity contribution in [3.63, 3.8) is 0 Å². The van der Waals surface area contributed by atoms with Crippen molar-refractivity contribution in [1.29, 1.82) is 0 Å². The number of amides is 1. The van der Waals surface area contributed by atoms with E-state index in [0.29, 0.717) is 40.9 Å². The van der Waals surface area contributed by atoms with Crippen LogP contribution >= 0.6 is 11.6 Å². The number of nitrogens with zero attached hydrogens (tertiary/aromatic N) is 3. The Labute approximate surface area is 244 Å². The smallest absolute Gasteiger partial charge is 0.247 e. The molecule has 12 nitrogen and oxygen atoms in total. The summed E-state index contributed by atoms with van der Waals surface area (Å²) in [5.41, 5.74) is 1.62. The molecule has 14 heteroatoms. The van der Waals surface area contributed by atoms with Gasteiger partial charge in [0.15, 0.2) is 5.82 Å². The third-order valence-corrected chi connectivity index (χ3v) is 6.94. The minimum atomic E-state index is -3.52. The van der Waals surface area contributed by atoms with E-state index in [1.165, 1.54) is 32.2 Å². The summed E-state index contributed by atoms with van der Waals surface area (Å²) in [5, 5.41) is 9.11. The average Bonchev–Trinajstić information content (AvgIpc) is 3.45. The molecular weight excluding hydrogens is 570 g/mol. The molecule has 0 saturated carbocycles. The van der Waals surface area contributed by atoms with Gasteiger partial charge in [0.1, 0.15) is 23.1 Å². The molecule has 2 aromatic carbocycles. The van der Waals surface area contributed by atoms with E-state index in [-0.39, 0.29) is 16.8 Å². The Kier molecular flexibility index (Phi) is 9.86. The SMILES string of the molecule is C=CC(=O)Nc1cc(Nc2ncc(Cl)c(Nc3ccccc3NS(C)(=O)=O)n2)c(OC)cc1OCCN1CCCC1. The zero-order valence-electron chi connectivity index (χ0n) is 22.7. The molecule has 1 aliphatic rings. The Bertz CT molecular complexity index is 1510. The van der Waals surface area contributed by atoms with Crippen LogP contribution in [0.25, 0.3) is 0 Å². The molecule has 1 amide bonds. The van der Waals surface area contributed by atoms with Crippen LogP contribution in [0.5, 0.6) is 11.5 Å². The van der Waals surface area contributed by atoms with Gasteiger partial charge in [-0.15, -0.1) is 0 Å². The molecule has 0 bridgehead atoms. The highest BCUT2D eigenvalue weighted by Gasteiger charge is 2.17. The van der Waals surface area contributed by atoms with Gasteiger partial charge < -0.3 is 25.4 Å². The number of ether oxygens (including phenoxy) is 2. The van der Waals surface area contributed by atoms with Crippen LogP contribution in [-0.2, 0) is 14.8 Å². The van der Waals surface area contributed by atoms with Crippen molar-refractivity contribution in [2.45, 2.75) is 12.8 Å². The summed E-state index contributed by atoms with van der Waals surface area (Å²) in [6.07, 6.45) is 5.99. The van der Waals surface area contributed by atoms with E-state index >= 15 is 0 Å². The third kappa shape index (κ3) is 8.46. The maximum absolute atomic E-state index is 12.2. The third-order valence-electron chi connectivity index (χ3n) is 6.07. The second-order valence-corrected chi connectivity index (χ2v) is 11.4. The van der Waals surface area contributed by atoms with Crippen molar-refractivity contribution < 1.29 is 22.7 Å². The van der Waals surface area contributed by atoms with Crippen molar-refractivity contribution in [1.82, 2.24) is 14.9 Å². The van der Waals surface area contributed by atoms with Crippen molar-refractivity contribution in [2.75, 3.05) is 60.3 Å². The maximum atomic E-state index is 12.2. The highest BCUT2D eigenvalue weighted by Crippen LogP contribution is 2.38. The fourth-order valence-electron chi connectivity index (χ4n) is 4.16. The molecule has 0 atom stereocenters. The second-order valence-electron chi connectivity index (χ2n) is 9.20. The number of rotatable bonds is 13. The molecule has 4 rings (SSSR count). The highest BCUT2D eigenvalue weighted by atomic mass is 35.5. The lowest BCUT2D eigenvalue weighted by Crippen LogP contribution is -2.25. The first-order valence-corrected chi connectivity index (χ1v) is 15.1. The van der Waals surface area contributed by atoms with Crippen LogP contribution < -0.4 is 30.1 Å². The van der Waals surface area contributed by atoms with Gasteiger partial charge in [0, 0.05) is 12.6 Å². The maximum Gasteiger partial charge on any atom is 0.247 e. The number of likely N-dealkylation sites (tertiary alicyclic amines) is 1. The van der Waals surface area contributed by atoms with Gasteiger partial charge in [-0.1, -0.05) is 30.3 Å². The van der Waals surface area contributed by atoms with E-state index < -0.39 is 15.9 Å². The summed E-state index contributed by atoms with van der Waals surface area (Å²) in [6, 6.07) is 10.1. The number of sulfonamides is 1. The van der Waals surface area contributed by atoms with Crippen molar-refractivity contribution in [2.24, 2.45) is 0 Å². The van der Waals surface area contributed by atoms with E-state index in [0.717, 1.165) is 25.9 Å². The predicted molar refractivity (Wildman–Crippen MR) is 162 cm³/mol. The number of carbonyl (C=O) groups is 1. The Balaban J connectivity index is 1.59. The Morgan fingerprint density at radius 1 is 1.10 bits per heavy atom. The van der Waals surface area contributed by atoms with E-state index in [1.54, 1.807) is 36.4 Å². The second kappa shape index (κ2) is 13.5. The molecule has 1 fully saturated rings. The molecule has 2 heterocycles. The lowest BCUT2D eigenvalue weighted by Gasteiger charge is -2.19. The summed E-state index contributed by atoms with van der Waals surface area (Å²) in [6.45, 7) is 6.84. The average molecular weight is 602 g/mol. The minimum absolute atomic E-state index is 0.160. The number of nitrogens with one attached hydrogen (secondary N) is 4. The number of para-hydroxylation sites is 2. The number of hydrogen-bond donors (Lipinski definition) is 4. The molecule has 0 radical (unpaired) electrons. The molecule has 0 unspecified atom stereocenters. The number of carbonyl (C=O) groups excluding carboxylic acids is 1. The molecule has 4 N–H and O–H groups in total. The molecule has 218 valence electrons. The van der Waals surface area contributed by atoms with Crippen LogP contribution in [-0.4, -0.2) is 68.8 Å². The summed E-state index contributed by atoms with van der Waals surface area (Å²) in [4.78, 5) is 23.2. The van der Waals surface area contributed by atoms with Crippen LogP contribution in [0.4, 0.5) is 34.5 Å². The topological polar surface area (TPSA) is 147 Å². The fourth-order valence-corrected chi connectivity index (χ4v) is 4.88. The highest BCUT2D eigenvalue weighted by molar-refractivity contribution is 7.92. The van der Waals surface area contributed by atoms with Crippen LogP contribution in [0.2, 0.25) is 5.02 Å². The number of benzene rings is 2. The molecule has 41 heavy (non-hydrogen) atoms. The first kappa shape index (κ1) is 29.9. The normalized spacial score (nSPS) is 13.3. The fraction of sp³-hybridized carbons (Fsp3) is 0.296. The largest absolute Gasteiger partial charge is 0.494 e. The minimum Gasteiger partial charge on any atom is -0.494 e. The number of methoxy groups -OCH3 is 1. The summed E-state index contributed by atoms with van der Waals surface area (Å²) in [5.74, 6) is 0.853. The molecular formula is C27H32ClN7O5S. The predicted octanol–water partition coefficient (Wildman–Crippen LogP) is 4.60. The molecule has 0 spiro atoms. The molecule has 3 aromatic rings. The number of anilines is 6. The van der Waals surface area contributed by atoms with Gasteiger partial charge in [-0.05, 0) is 50.2 Å². The van der Waals surface area contributed by atoms with E-state index in [9.17, 15) is 13.2 Å². The Morgan fingerprint density at radius 3 is 2.51 bits per heavy atom. The summed E-state index contributed by atoms with van der Waals surface area (Å²) >= 11 is 6.35. The van der Waals surface area contributed by atoms with Crippen LogP contribution in [0.3, 0.4) is 0 Å². The van der Waals surface area contributed by atoms with Gasteiger partial charge in [-0.2, -0.15) is 4.98 Å². The monoisotopic (exact) mass is 601 g/mol. The van der Waals surface area contributed by atoms with E-state index in [4.69, 9.17) is 21.1 Å². The van der Waals surface area contributed by atoms with Gasteiger partial charge in [-0.3, -0.25) is 14.4 Å². The van der Waals surface area contributed by atoms with Gasteiger partial charge in [0.25, 0.3) is 0 Å². The standard InChI is InChI=1S/C27H32ClN7O5S/c1-4-25(36)30-22-15-21(23(39-2)16-24(22)40-14-13-35-11-7-8-12-35)32-27-29-17-18(28)26(33-27)31-19-9-5-6-10-20(19)34-41(3,37)38/h4-6,9-10,15-17,34H,1,7-8,11-14H2,2-3H3,(H,30,36)(H2,29,31,32,33). The lowest BCUT2D eigenvalue weighted by molar-refractivity contribution is -0.111. The van der Waals surface area contributed by atoms with Gasteiger partial charge in [0.05, 0.1) is 42.3 Å². The number of hydrogen-bond acceptors (Lipinski definition) is 10. The molecule has 1 aliphatic heterocycles. The van der Waals surface area contributed by atoms with Crippen LogP contribution in [0, 0.1) is 0 Å². The zero-order chi connectivity index (χ0) is 29.4. The molecule has 1 saturated heterocycles. The van der Waals surface area contributed by atoms with Gasteiger partial charge in [0.2, 0.25) is 21.9 Å². The Hall–Kier alpha value is -4.07.